The third-order valence-electron chi connectivity index (χ3n) is 3.50. The molecule has 0 radical (unpaired) electrons. The Balaban J connectivity index is 2.04. The highest BCUT2D eigenvalue weighted by Gasteiger charge is 2.31. The van der Waals surface area contributed by atoms with Gasteiger partial charge in [0.15, 0.2) is 0 Å². The summed E-state index contributed by atoms with van der Waals surface area (Å²) in [5, 5.41) is 0. The highest BCUT2D eigenvalue weighted by Crippen LogP contribution is 2.25. The van der Waals surface area contributed by atoms with Crippen LogP contribution in [0.25, 0.3) is 0 Å². The summed E-state index contributed by atoms with van der Waals surface area (Å²) in [6.07, 6.45) is 1.73. The largest absolute Gasteiger partial charge is 0.299 e. The first-order valence-corrected chi connectivity index (χ1v) is 6.37. The zero-order valence-electron chi connectivity index (χ0n) is 10.8. The van der Waals surface area contributed by atoms with Crippen molar-refractivity contribution < 1.29 is 4.79 Å². The molecule has 2 heteroatoms. The van der Waals surface area contributed by atoms with E-state index < -0.39 is 0 Å². The molecule has 1 aromatic carbocycles. The molecule has 17 heavy (non-hydrogen) atoms. The number of likely N-dealkylation sites (tertiary alicyclic amines) is 1. The first kappa shape index (κ1) is 12.3. The predicted molar refractivity (Wildman–Crippen MR) is 69.7 cm³/mol. The van der Waals surface area contributed by atoms with Crippen LogP contribution in [0, 0.1) is 5.41 Å². The van der Waals surface area contributed by atoms with Gasteiger partial charge in [0, 0.05) is 24.9 Å². The summed E-state index contributed by atoms with van der Waals surface area (Å²) in [7, 11) is 0. The number of carbonyl (C=O) groups excluding carboxylic acids is 1. The van der Waals surface area contributed by atoms with Gasteiger partial charge >= 0.3 is 0 Å². The lowest BCUT2D eigenvalue weighted by Crippen LogP contribution is -2.36. The quantitative estimate of drug-likeness (QED) is 0.780. The van der Waals surface area contributed by atoms with Crippen LogP contribution in [0.2, 0.25) is 0 Å². The van der Waals surface area contributed by atoms with E-state index in [1.165, 1.54) is 5.56 Å². The van der Waals surface area contributed by atoms with Crippen LogP contribution in [0.15, 0.2) is 30.3 Å². The van der Waals surface area contributed by atoms with Crippen molar-refractivity contribution in [3.63, 3.8) is 0 Å². The van der Waals surface area contributed by atoms with Gasteiger partial charge in [-0.25, -0.2) is 0 Å². The molecule has 0 bridgehead atoms. The van der Waals surface area contributed by atoms with Crippen molar-refractivity contribution in [3.8, 4) is 0 Å². The number of nitrogens with zero attached hydrogens (tertiary/aromatic N) is 1. The Labute approximate surface area is 104 Å². The highest BCUT2D eigenvalue weighted by molar-refractivity contribution is 5.84. The summed E-state index contributed by atoms with van der Waals surface area (Å²) >= 11 is 0. The zero-order chi connectivity index (χ0) is 12.3. The predicted octanol–water partition coefficient (Wildman–Crippen LogP) is 2.88. The van der Waals surface area contributed by atoms with E-state index in [2.05, 4.69) is 43.0 Å². The van der Waals surface area contributed by atoms with Crippen molar-refractivity contribution in [2.24, 2.45) is 5.41 Å². The van der Waals surface area contributed by atoms with Crippen molar-refractivity contribution in [1.29, 1.82) is 0 Å². The Morgan fingerprint density at radius 2 is 1.94 bits per heavy atom. The molecule has 0 amide bonds. The smallest absolute Gasteiger partial charge is 0.139 e. The van der Waals surface area contributed by atoms with Crippen molar-refractivity contribution in [2.45, 2.75) is 33.2 Å². The molecular weight excluding hydrogens is 210 g/mol. The zero-order valence-corrected chi connectivity index (χ0v) is 10.8. The van der Waals surface area contributed by atoms with Crippen LogP contribution in [0.1, 0.15) is 32.3 Å². The van der Waals surface area contributed by atoms with E-state index in [1.807, 2.05) is 6.07 Å². The van der Waals surface area contributed by atoms with Gasteiger partial charge in [-0.3, -0.25) is 9.69 Å². The second-order valence-electron chi connectivity index (χ2n) is 5.61. The van der Waals surface area contributed by atoms with Crippen LogP contribution in [0.4, 0.5) is 0 Å². The summed E-state index contributed by atoms with van der Waals surface area (Å²) in [4.78, 5) is 14.3. The molecule has 2 nitrogen and oxygen atoms in total. The molecular formula is C15H21NO. The first-order chi connectivity index (χ1) is 8.08. The van der Waals surface area contributed by atoms with Gasteiger partial charge < -0.3 is 0 Å². The van der Waals surface area contributed by atoms with E-state index >= 15 is 0 Å². The van der Waals surface area contributed by atoms with Crippen LogP contribution in [0.3, 0.4) is 0 Å². The Morgan fingerprint density at radius 1 is 1.24 bits per heavy atom. The fourth-order valence-corrected chi connectivity index (χ4v) is 2.50. The number of hydrogen-bond acceptors (Lipinski definition) is 2. The van der Waals surface area contributed by atoms with E-state index in [-0.39, 0.29) is 5.41 Å². The Hall–Kier alpha value is -1.15. The number of Topliss-reactive ketones (excluding diaryl/α,β-unsaturated/α-hetero) is 1. The topological polar surface area (TPSA) is 20.3 Å². The van der Waals surface area contributed by atoms with E-state index in [4.69, 9.17) is 0 Å². The van der Waals surface area contributed by atoms with E-state index in [9.17, 15) is 4.79 Å². The number of benzene rings is 1. The molecule has 0 saturated carbocycles. The molecule has 0 unspecified atom stereocenters. The lowest BCUT2D eigenvalue weighted by Gasteiger charge is -2.28. The minimum Gasteiger partial charge on any atom is -0.299 e. The Morgan fingerprint density at radius 3 is 2.65 bits per heavy atom. The Kier molecular flexibility index (Phi) is 3.63. The molecule has 0 aliphatic carbocycles. The Bertz CT molecular complexity index is 383. The van der Waals surface area contributed by atoms with Crippen molar-refractivity contribution in [3.05, 3.63) is 35.9 Å². The molecule has 0 aromatic heterocycles. The lowest BCUT2D eigenvalue weighted by molar-refractivity contribution is -0.127. The van der Waals surface area contributed by atoms with Gasteiger partial charge in [-0.1, -0.05) is 44.2 Å². The van der Waals surface area contributed by atoms with Gasteiger partial charge in [-0.15, -0.1) is 0 Å². The van der Waals surface area contributed by atoms with Crippen LogP contribution < -0.4 is 0 Å². The maximum absolute atomic E-state index is 11.9. The summed E-state index contributed by atoms with van der Waals surface area (Å²) in [6, 6.07) is 10.5. The molecule has 0 atom stereocenters. The van der Waals surface area contributed by atoms with Gasteiger partial charge in [0.1, 0.15) is 5.78 Å². The van der Waals surface area contributed by atoms with Crippen LogP contribution in [-0.4, -0.2) is 23.8 Å². The SMILES string of the molecule is CC1(C)CN(Cc2ccccc2)CCCC1=O. The molecule has 2 rings (SSSR count). The third kappa shape index (κ3) is 3.16. The summed E-state index contributed by atoms with van der Waals surface area (Å²) < 4.78 is 0. The fraction of sp³-hybridized carbons (Fsp3) is 0.533. The van der Waals surface area contributed by atoms with Crippen LogP contribution in [0.5, 0.6) is 0 Å². The molecule has 92 valence electrons. The van der Waals surface area contributed by atoms with Gasteiger partial charge in [-0.2, -0.15) is 0 Å². The minimum atomic E-state index is -0.189. The summed E-state index contributed by atoms with van der Waals surface area (Å²) in [5.74, 6) is 0.410. The second kappa shape index (κ2) is 5.01. The standard InChI is InChI=1S/C15H21NO/c1-15(2)12-16(10-6-9-14(15)17)11-13-7-4-3-5-8-13/h3-5,7-8H,6,9-12H2,1-2H3. The molecule has 1 fully saturated rings. The number of hydrogen-bond donors (Lipinski definition) is 0. The van der Waals surface area contributed by atoms with E-state index in [0.717, 1.165) is 32.5 Å². The molecule has 1 aliphatic rings. The molecule has 0 N–H and O–H groups in total. The van der Waals surface area contributed by atoms with Gasteiger partial charge in [-0.05, 0) is 18.5 Å². The number of carbonyl (C=O) groups is 1. The van der Waals surface area contributed by atoms with Crippen LogP contribution in [-0.2, 0) is 11.3 Å². The lowest BCUT2D eigenvalue weighted by atomic mass is 9.86. The van der Waals surface area contributed by atoms with E-state index in [1.54, 1.807) is 0 Å². The van der Waals surface area contributed by atoms with Gasteiger partial charge in [0.05, 0.1) is 0 Å². The summed E-state index contributed by atoms with van der Waals surface area (Å²) in [5.41, 5.74) is 1.14. The maximum Gasteiger partial charge on any atom is 0.139 e. The average Bonchev–Trinajstić information content (AvgIpc) is 2.40. The molecule has 1 saturated heterocycles. The highest BCUT2D eigenvalue weighted by atomic mass is 16.1. The van der Waals surface area contributed by atoms with Gasteiger partial charge in [0.2, 0.25) is 0 Å². The normalized spacial score (nSPS) is 21.2. The number of ketones is 1. The monoisotopic (exact) mass is 231 g/mol. The minimum absolute atomic E-state index is 0.189. The maximum atomic E-state index is 11.9. The van der Waals surface area contributed by atoms with Crippen molar-refractivity contribution in [2.75, 3.05) is 13.1 Å². The van der Waals surface area contributed by atoms with Crippen molar-refractivity contribution in [1.82, 2.24) is 4.90 Å². The van der Waals surface area contributed by atoms with Crippen LogP contribution >= 0.6 is 0 Å². The first-order valence-electron chi connectivity index (χ1n) is 6.37. The second-order valence-corrected chi connectivity index (χ2v) is 5.61. The third-order valence-corrected chi connectivity index (χ3v) is 3.50. The fourth-order valence-electron chi connectivity index (χ4n) is 2.50. The molecule has 1 aliphatic heterocycles. The van der Waals surface area contributed by atoms with E-state index in [0.29, 0.717) is 5.78 Å². The van der Waals surface area contributed by atoms with Gasteiger partial charge in [0.25, 0.3) is 0 Å². The molecule has 1 heterocycles. The molecule has 0 spiro atoms. The van der Waals surface area contributed by atoms with Crippen molar-refractivity contribution >= 4 is 5.78 Å². The average molecular weight is 231 g/mol. The molecule has 1 aromatic rings. The summed E-state index contributed by atoms with van der Waals surface area (Å²) in [6.45, 7) is 7.00. The number of rotatable bonds is 2.